The lowest BCUT2D eigenvalue weighted by molar-refractivity contribution is -0.385. The van der Waals surface area contributed by atoms with Crippen LogP contribution in [0, 0.1) is 10.1 Å². The van der Waals surface area contributed by atoms with Crippen LogP contribution in [0.5, 0.6) is 5.75 Å². The first-order valence-electron chi connectivity index (χ1n) is 9.17. The zero-order valence-electron chi connectivity index (χ0n) is 15.9. The van der Waals surface area contributed by atoms with E-state index < -0.39 is 11.1 Å². The van der Waals surface area contributed by atoms with Gasteiger partial charge in [0, 0.05) is 35.6 Å². The van der Waals surface area contributed by atoms with Crippen LogP contribution in [0.25, 0.3) is 0 Å². The number of methoxy groups -OCH3 is 1. The van der Waals surface area contributed by atoms with Gasteiger partial charge in [-0.1, -0.05) is 6.07 Å². The largest absolute Gasteiger partial charge is 0.490 e. The molecular formula is C19H22N4O4S. The SMILES string of the molecule is COc1ccc([C@H]2NC(=O)c3c(sc4c3CCN(C(C)C)C4)N2)cc1[N+](=O)[O-]. The van der Waals surface area contributed by atoms with Gasteiger partial charge in [-0.2, -0.15) is 0 Å². The Morgan fingerprint density at radius 3 is 2.82 bits per heavy atom. The summed E-state index contributed by atoms with van der Waals surface area (Å²) in [5, 5.41) is 18.4. The number of nitro groups is 1. The molecule has 2 aromatic rings. The highest BCUT2D eigenvalue weighted by Crippen LogP contribution is 2.41. The lowest BCUT2D eigenvalue weighted by Crippen LogP contribution is -2.39. The van der Waals surface area contributed by atoms with E-state index in [-0.39, 0.29) is 17.3 Å². The molecule has 1 amide bonds. The fourth-order valence-electron chi connectivity index (χ4n) is 3.77. The minimum absolute atomic E-state index is 0.125. The molecule has 28 heavy (non-hydrogen) atoms. The van der Waals surface area contributed by atoms with Crippen LogP contribution in [0.2, 0.25) is 0 Å². The number of ether oxygens (including phenoxy) is 1. The second-order valence-corrected chi connectivity index (χ2v) is 8.37. The summed E-state index contributed by atoms with van der Waals surface area (Å²) in [4.78, 5) is 27.3. The van der Waals surface area contributed by atoms with Crippen LogP contribution < -0.4 is 15.4 Å². The van der Waals surface area contributed by atoms with E-state index in [0.717, 1.165) is 35.6 Å². The Morgan fingerprint density at radius 2 is 2.14 bits per heavy atom. The van der Waals surface area contributed by atoms with Crippen molar-refractivity contribution in [1.29, 1.82) is 0 Å². The molecule has 9 heteroatoms. The van der Waals surface area contributed by atoms with Crippen molar-refractivity contribution >= 4 is 27.9 Å². The summed E-state index contributed by atoms with van der Waals surface area (Å²) in [6.45, 7) is 6.14. The molecule has 2 N–H and O–H groups in total. The second kappa shape index (κ2) is 7.06. The molecule has 0 aliphatic carbocycles. The first-order valence-corrected chi connectivity index (χ1v) is 9.99. The summed E-state index contributed by atoms with van der Waals surface area (Å²) in [6, 6.07) is 5.18. The van der Waals surface area contributed by atoms with E-state index in [4.69, 9.17) is 4.74 Å². The first kappa shape index (κ1) is 18.7. The predicted octanol–water partition coefficient (Wildman–Crippen LogP) is 3.29. The second-order valence-electron chi connectivity index (χ2n) is 7.26. The molecule has 1 aromatic carbocycles. The van der Waals surface area contributed by atoms with Crippen molar-refractivity contribution in [3.63, 3.8) is 0 Å². The van der Waals surface area contributed by atoms with E-state index in [9.17, 15) is 14.9 Å². The highest BCUT2D eigenvalue weighted by atomic mass is 32.1. The molecule has 0 unspecified atom stereocenters. The number of benzene rings is 1. The molecule has 148 valence electrons. The maximum Gasteiger partial charge on any atom is 0.311 e. The lowest BCUT2D eigenvalue weighted by atomic mass is 9.99. The van der Waals surface area contributed by atoms with Crippen LogP contribution in [0.15, 0.2) is 18.2 Å². The number of carbonyl (C=O) groups is 1. The molecule has 8 nitrogen and oxygen atoms in total. The van der Waals surface area contributed by atoms with Gasteiger partial charge in [-0.25, -0.2) is 0 Å². The Hall–Kier alpha value is -2.65. The molecule has 2 aliphatic heterocycles. The van der Waals surface area contributed by atoms with Crippen LogP contribution >= 0.6 is 11.3 Å². The van der Waals surface area contributed by atoms with Crippen LogP contribution in [0.3, 0.4) is 0 Å². The number of nitrogens with one attached hydrogen (secondary N) is 2. The van der Waals surface area contributed by atoms with Gasteiger partial charge in [-0.15, -0.1) is 11.3 Å². The third kappa shape index (κ3) is 3.10. The number of nitro benzene ring substituents is 1. The van der Waals surface area contributed by atoms with Gasteiger partial charge < -0.3 is 15.4 Å². The standard InChI is InChI=1S/C19H22N4O4S/c1-10(2)22-7-6-12-15(9-22)28-19-16(12)18(24)20-17(21-19)11-4-5-14(27-3)13(8-11)23(25)26/h4-5,8,10,17,21H,6-7,9H2,1-3H3,(H,20,24)/t17-/m0/s1. The van der Waals surface area contributed by atoms with Gasteiger partial charge in [0.1, 0.15) is 11.2 Å². The van der Waals surface area contributed by atoms with Crippen molar-refractivity contribution in [2.45, 2.75) is 39.0 Å². The molecule has 0 bridgehead atoms. The Bertz CT molecular complexity index is 956. The molecule has 1 aromatic heterocycles. The Labute approximate surface area is 166 Å². The van der Waals surface area contributed by atoms with Crippen molar-refractivity contribution in [2.24, 2.45) is 0 Å². The molecule has 4 rings (SSSR count). The molecule has 0 spiro atoms. The third-order valence-corrected chi connectivity index (χ3v) is 6.48. The van der Waals surface area contributed by atoms with E-state index >= 15 is 0 Å². The van der Waals surface area contributed by atoms with E-state index in [1.54, 1.807) is 23.5 Å². The topological polar surface area (TPSA) is 96.7 Å². The Balaban J connectivity index is 1.65. The average molecular weight is 402 g/mol. The fourth-order valence-corrected chi connectivity index (χ4v) is 5.07. The van der Waals surface area contributed by atoms with E-state index in [1.165, 1.54) is 18.1 Å². The molecule has 0 radical (unpaired) electrons. The monoisotopic (exact) mass is 402 g/mol. The van der Waals surface area contributed by atoms with Gasteiger partial charge in [-0.05, 0) is 31.9 Å². The molecule has 1 atom stereocenters. The van der Waals surface area contributed by atoms with Crippen molar-refractivity contribution < 1.29 is 14.5 Å². The van der Waals surface area contributed by atoms with Crippen molar-refractivity contribution in [2.75, 3.05) is 19.0 Å². The molecule has 3 heterocycles. The van der Waals surface area contributed by atoms with Gasteiger partial charge in [0.15, 0.2) is 5.75 Å². The number of anilines is 1. The summed E-state index contributed by atoms with van der Waals surface area (Å²) in [7, 11) is 1.39. The predicted molar refractivity (Wildman–Crippen MR) is 107 cm³/mol. The minimum Gasteiger partial charge on any atom is -0.490 e. The van der Waals surface area contributed by atoms with Crippen molar-refractivity contribution in [3.05, 3.63) is 49.9 Å². The number of rotatable bonds is 4. The number of nitrogens with zero attached hydrogens (tertiary/aromatic N) is 2. The van der Waals surface area contributed by atoms with Crippen LogP contribution in [-0.4, -0.2) is 35.4 Å². The lowest BCUT2D eigenvalue weighted by Gasteiger charge is -2.30. The summed E-state index contributed by atoms with van der Waals surface area (Å²) in [5.74, 6) is 0.0599. The van der Waals surface area contributed by atoms with Crippen molar-refractivity contribution in [3.8, 4) is 5.75 Å². The molecular weight excluding hydrogens is 380 g/mol. The Kier molecular flexibility index (Phi) is 4.72. The number of carbonyl (C=O) groups excluding carboxylic acids is 1. The highest BCUT2D eigenvalue weighted by Gasteiger charge is 2.34. The quantitative estimate of drug-likeness (QED) is 0.602. The number of hydrogen-bond acceptors (Lipinski definition) is 7. The van der Waals surface area contributed by atoms with Gasteiger partial charge in [0.05, 0.1) is 17.6 Å². The van der Waals surface area contributed by atoms with E-state index in [2.05, 4.69) is 29.4 Å². The fraction of sp³-hybridized carbons (Fsp3) is 0.421. The number of thiophene rings is 1. The molecule has 0 saturated carbocycles. The average Bonchev–Trinajstić information content (AvgIpc) is 3.05. The highest BCUT2D eigenvalue weighted by molar-refractivity contribution is 7.16. The summed E-state index contributed by atoms with van der Waals surface area (Å²) in [6.07, 6.45) is 0.332. The molecule has 0 saturated heterocycles. The summed E-state index contributed by atoms with van der Waals surface area (Å²) in [5.41, 5.74) is 2.34. The normalized spacial score (nSPS) is 18.9. The minimum atomic E-state index is -0.522. The maximum atomic E-state index is 12.8. The van der Waals surface area contributed by atoms with Crippen molar-refractivity contribution in [1.82, 2.24) is 10.2 Å². The zero-order valence-corrected chi connectivity index (χ0v) is 16.8. The van der Waals surface area contributed by atoms with Gasteiger partial charge in [0.2, 0.25) is 0 Å². The Morgan fingerprint density at radius 1 is 1.36 bits per heavy atom. The number of hydrogen-bond donors (Lipinski definition) is 2. The summed E-state index contributed by atoms with van der Waals surface area (Å²) < 4.78 is 5.06. The zero-order chi connectivity index (χ0) is 20.0. The number of amides is 1. The smallest absolute Gasteiger partial charge is 0.311 e. The van der Waals surface area contributed by atoms with Crippen LogP contribution in [0.4, 0.5) is 10.7 Å². The molecule has 2 aliphatic rings. The van der Waals surface area contributed by atoms with E-state index in [1.807, 2.05) is 0 Å². The molecule has 0 fully saturated rings. The van der Waals surface area contributed by atoms with Gasteiger partial charge in [0.25, 0.3) is 5.91 Å². The maximum absolute atomic E-state index is 12.8. The van der Waals surface area contributed by atoms with Gasteiger partial charge in [-0.3, -0.25) is 19.8 Å². The van der Waals surface area contributed by atoms with Crippen LogP contribution in [0.1, 0.15) is 46.4 Å². The third-order valence-electron chi connectivity index (χ3n) is 5.33. The first-order chi connectivity index (χ1) is 13.4. The van der Waals surface area contributed by atoms with Gasteiger partial charge >= 0.3 is 5.69 Å². The van der Waals surface area contributed by atoms with E-state index in [0.29, 0.717) is 11.6 Å². The summed E-state index contributed by atoms with van der Waals surface area (Å²) >= 11 is 1.61. The number of fused-ring (bicyclic) bond motifs is 3. The van der Waals surface area contributed by atoms with Crippen LogP contribution in [-0.2, 0) is 13.0 Å².